The predicted molar refractivity (Wildman–Crippen MR) is 247 cm³/mol. The quantitative estimate of drug-likeness (QED) is 0.169. The third kappa shape index (κ3) is 5.87. The fourth-order valence-electron chi connectivity index (χ4n) is 9.33. The lowest BCUT2D eigenvalue weighted by molar-refractivity contribution is 0.661. The summed E-state index contributed by atoms with van der Waals surface area (Å²) < 4.78 is 0. The smallest absolute Gasteiger partial charge is 0.160 e. The van der Waals surface area contributed by atoms with Gasteiger partial charge in [-0.25, -0.2) is 9.97 Å². The van der Waals surface area contributed by atoms with Crippen LogP contribution in [0, 0.1) is 0 Å². The molecule has 0 fully saturated rings. The minimum absolute atomic E-state index is 0.159. The van der Waals surface area contributed by atoms with E-state index in [1.54, 1.807) is 0 Å². The summed E-state index contributed by atoms with van der Waals surface area (Å²) in [6.07, 6.45) is 0. The van der Waals surface area contributed by atoms with Gasteiger partial charge in [0.1, 0.15) is 0 Å². The summed E-state index contributed by atoms with van der Waals surface area (Å²) in [4.78, 5) is 10.8. The highest BCUT2D eigenvalue weighted by Gasteiger charge is 2.37. The maximum absolute atomic E-state index is 5.48. The van der Waals surface area contributed by atoms with Gasteiger partial charge in [-0.2, -0.15) is 0 Å². The van der Waals surface area contributed by atoms with Gasteiger partial charge in [-0.05, 0) is 95.4 Å². The summed E-state index contributed by atoms with van der Waals surface area (Å²) >= 11 is 0. The Hall–Kier alpha value is -7.42. The van der Waals surface area contributed by atoms with E-state index in [9.17, 15) is 0 Å². The van der Waals surface area contributed by atoms with Crippen molar-refractivity contribution in [3.63, 3.8) is 0 Å². The third-order valence-corrected chi connectivity index (χ3v) is 12.3. The van der Waals surface area contributed by atoms with Crippen molar-refractivity contribution in [1.82, 2.24) is 9.97 Å². The van der Waals surface area contributed by atoms with Crippen LogP contribution in [0.25, 0.3) is 100.0 Å². The first kappa shape index (κ1) is 34.8. The SMILES string of the molecule is CC1(C)c2cc3ccccc3cc2-c2c(-c3ccc4ccccc4c3-c3cc(-c4ccccc4-c4ccc(-c5ccccc5)cc4)nc(-c4ccccc4)n3)cccc21. The van der Waals surface area contributed by atoms with Crippen LogP contribution in [0.2, 0.25) is 0 Å². The Bertz CT molecular complexity index is 3220. The van der Waals surface area contributed by atoms with Crippen molar-refractivity contribution in [2.45, 2.75) is 19.3 Å². The maximum atomic E-state index is 5.48. The molecule has 278 valence electrons. The molecule has 9 aromatic carbocycles. The Morgan fingerprint density at radius 2 is 0.881 bits per heavy atom. The first-order valence-corrected chi connectivity index (χ1v) is 20.4. The largest absolute Gasteiger partial charge is 0.228 e. The average Bonchev–Trinajstić information content (AvgIpc) is 3.53. The molecule has 0 saturated heterocycles. The van der Waals surface area contributed by atoms with Crippen LogP contribution in [0.5, 0.6) is 0 Å². The molecule has 0 unspecified atom stereocenters. The van der Waals surface area contributed by atoms with Gasteiger partial charge in [-0.3, -0.25) is 0 Å². The second-order valence-corrected chi connectivity index (χ2v) is 16.1. The van der Waals surface area contributed by atoms with Crippen LogP contribution in [-0.2, 0) is 5.41 Å². The molecule has 10 aromatic rings. The van der Waals surface area contributed by atoms with Crippen molar-refractivity contribution >= 4 is 21.5 Å². The molecule has 1 aliphatic carbocycles. The van der Waals surface area contributed by atoms with Crippen molar-refractivity contribution in [3.8, 4) is 78.4 Å². The average molecular weight is 753 g/mol. The van der Waals surface area contributed by atoms with E-state index in [-0.39, 0.29) is 5.41 Å². The second kappa shape index (κ2) is 13.9. The van der Waals surface area contributed by atoms with Gasteiger partial charge in [0.15, 0.2) is 5.82 Å². The normalized spacial score (nSPS) is 12.7. The van der Waals surface area contributed by atoms with Gasteiger partial charge in [-0.15, -0.1) is 0 Å². The van der Waals surface area contributed by atoms with E-state index < -0.39 is 0 Å². The second-order valence-electron chi connectivity index (χ2n) is 16.1. The molecule has 1 aliphatic rings. The first-order chi connectivity index (χ1) is 29.0. The summed E-state index contributed by atoms with van der Waals surface area (Å²) in [6.45, 7) is 4.74. The molecule has 0 saturated carbocycles. The van der Waals surface area contributed by atoms with Crippen molar-refractivity contribution < 1.29 is 0 Å². The van der Waals surface area contributed by atoms with E-state index in [4.69, 9.17) is 9.97 Å². The fourth-order valence-corrected chi connectivity index (χ4v) is 9.33. The molecule has 0 atom stereocenters. The molecular formula is C57H40N2. The molecule has 2 nitrogen and oxygen atoms in total. The number of rotatable bonds is 6. The fraction of sp³-hybridized carbons (Fsp3) is 0.0526. The topological polar surface area (TPSA) is 25.8 Å². The van der Waals surface area contributed by atoms with Gasteiger partial charge >= 0.3 is 0 Å². The summed E-state index contributed by atoms with van der Waals surface area (Å²) in [5, 5.41) is 4.86. The van der Waals surface area contributed by atoms with Crippen LogP contribution in [0.3, 0.4) is 0 Å². The van der Waals surface area contributed by atoms with Gasteiger partial charge in [0.2, 0.25) is 0 Å². The van der Waals surface area contributed by atoms with Crippen LogP contribution in [-0.4, -0.2) is 9.97 Å². The first-order valence-electron chi connectivity index (χ1n) is 20.4. The zero-order chi connectivity index (χ0) is 39.5. The van der Waals surface area contributed by atoms with Crippen LogP contribution in [0.15, 0.2) is 206 Å². The molecule has 1 heterocycles. The van der Waals surface area contributed by atoms with Gasteiger partial charge in [0.25, 0.3) is 0 Å². The number of benzene rings is 9. The van der Waals surface area contributed by atoms with Gasteiger partial charge in [0, 0.05) is 22.1 Å². The minimum Gasteiger partial charge on any atom is -0.228 e. The van der Waals surface area contributed by atoms with E-state index >= 15 is 0 Å². The van der Waals surface area contributed by atoms with Crippen LogP contribution in [0.1, 0.15) is 25.0 Å². The Morgan fingerprint density at radius 1 is 0.322 bits per heavy atom. The van der Waals surface area contributed by atoms with E-state index in [1.807, 2.05) is 6.07 Å². The Morgan fingerprint density at radius 3 is 1.64 bits per heavy atom. The van der Waals surface area contributed by atoms with E-state index in [1.165, 1.54) is 55.1 Å². The highest BCUT2D eigenvalue weighted by atomic mass is 14.9. The summed E-state index contributed by atoms with van der Waals surface area (Å²) in [5.74, 6) is 0.697. The molecule has 1 aromatic heterocycles. The van der Waals surface area contributed by atoms with Crippen molar-refractivity contribution in [2.75, 3.05) is 0 Å². The molecule has 0 bridgehead atoms. The maximum Gasteiger partial charge on any atom is 0.160 e. The predicted octanol–water partition coefficient (Wildman–Crippen LogP) is 15.1. The number of hydrogen-bond acceptors (Lipinski definition) is 2. The zero-order valence-corrected chi connectivity index (χ0v) is 33.0. The van der Waals surface area contributed by atoms with E-state index in [2.05, 4.69) is 214 Å². The molecule has 59 heavy (non-hydrogen) atoms. The molecule has 0 spiro atoms. The number of aromatic nitrogens is 2. The molecule has 0 N–H and O–H groups in total. The lowest BCUT2D eigenvalue weighted by atomic mass is 9.81. The van der Waals surface area contributed by atoms with Gasteiger partial charge in [0.05, 0.1) is 11.4 Å². The molecular weight excluding hydrogens is 713 g/mol. The zero-order valence-electron chi connectivity index (χ0n) is 33.0. The van der Waals surface area contributed by atoms with E-state index in [0.717, 1.165) is 50.2 Å². The lowest BCUT2D eigenvalue weighted by Crippen LogP contribution is -2.14. The molecule has 0 amide bonds. The molecule has 11 rings (SSSR count). The standard InChI is InChI=1S/C57H40N2/c1-57(2)50-27-15-26-47(54(50)49-34-42-21-9-10-22-43(42)35-51(49)57)48-33-32-39-18-11-12-24-45(39)55(48)53-36-52(58-56(59-53)41-19-7-4-8-20-41)46-25-14-13-23-44(46)40-30-28-38(29-31-40)37-16-5-3-6-17-37/h3-36H,1-2H3. The highest BCUT2D eigenvalue weighted by molar-refractivity contribution is 6.08. The van der Waals surface area contributed by atoms with Gasteiger partial charge < -0.3 is 0 Å². The minimum atomic E-state index is -0.159. The van der Waals surface area contributed by atoms with Crippen LogP contribution < -0.4 is 0 Å². The molecule has 0 aliphatic heterocycles. The third-order valence-electron chi connectivity index (χ3n) is 12.3. The van der Waals surface area contributed by atoms with Crippen LogP contribution in [0.4, 0.5) is 0 Å². The van der Waals surface area contributed by atoms with Crippen LogP contribution >= 0.6 is 0 Å². The Balaban J connectivity index is 1.15. The Kier molecular flexibility index (Phi) is 8.20. The van der Waals surface area contributed by atoms with E-state index in [0.29, 0.717) is 5.82 Å². The monoisotopic (exact) mass is 752 g/mol. The number of hydrogen-bond donors (Lipinski definition) is 0. The summed E-state index contributed by atoms with van der Waals surface area (Å²) in [6, 6.07) is 74.3. The highest BCUT2D eigenvalue weighted by Crippen LogP contribution is 2.54. The summed E-state index contributed by atoms with van der Waals surface area (Å²) in [5.41, 5.74) is 17.1. The van der Waals surface area contributed by atoms with Gasteiger partial charge in [-0.1, -0.05) is 202 Å². The summed E-state index contributed by atoms with van der Waals surface area (Å²) in [7, 11) is 0. The van der Waals surface area contributed by atoms with Crippen molar-refractivity contribution in [3.05, 3.63) is 217 Å². The Labute approximate surface area is 345 Å². The number of fused-ring (bicyclic) bond motifs is 5. The lowest BCUT2D eigenvalue weighted by Gasteiger charge is -2.22. The molecule has 0 radical (unpaired) electrons. The van der Waals surface area contributed by atoms with Crippen molar-refractivity contribution in [2.24, 2.45) is 0 Å². The van der Waals surface area contributed by atoms with Crippen molar-refractivity contribution in [1.29, 1.82) is 0 Å². The molecule has 2 heteroatoms. The number of nitrogens with zero attached hydrogens (tertiary/aromatic N) is 2.